The van der Waals surface area contributed by atoms with Gasteiger partial charge in [-0.05, 0) is 40.0 Å². The van der Waals surface area contributed by atoms with Gasteiger partial charge in [-0.3, -0.25) is 0 Å². The van der Waals surface area contributed by atoms with E-state index in [0.717, 1.165) is 17.8 Å². The second kappa shape index (κ2) is 5.62. The quantitative estimate of drug-likeness (QED) is 0.581. The number of benzene rings is 1. The smallest absolute Gasteiger partial charge is 0.399 e. The highest BCUT2D eigenvalue weighted by Crippen LogP contribution is 2.41. The van der Waals surface area contributed by atoms with Crippen LogP contribution in [0, 0.1) is 0 Å². The maximum Gasteiger partial charge on any atom is 0.496 e. The SMILES string of the molecule is CSc1c(C(F)(F)F)ccc(B2OC(C)(C)C(C)(C)O2)c1Cl. The highest BCUT2D eigenvalue weighted by atomic mass is 35.5. The molecule has 0 aromatic heterocycles. The summed E-state index contributed by atoms with van der Waals surface area (Å²) in [6, 6.07) is 2.35. The maximum absolute atomic E-state index is 13.0. The van der Waals surface area contributed by atoms with Crippen molar-refractivity contribution in [2.45, 2.75) is 50.0 Å². The molecule has 0 saturated carbocycles. The van der Waals surface area contributed by atoms with Crippen molar-refractivity contribution < 1.29 is 22.5 Å². The topological polar surface area (TPSA) is 18.5 Å². The Morgan fingerprint density at radius 2 is 1.59 bits per heavy atom. The molecule has 0 unspecified atom stereocenters. The lowest BCUT2D eigenvalue weighted by Crippen LogP contribution is -2.41. The van der Waals surface area contributed by atoms with E-state index in [4.69, 9.17) is 20.9 Å². The van der Waals surface area contributed by atoms with Gasteiger partial charge < -0.3 is 9.31 Å². The minimum atomic E-state index is -4.45. The molecule has 0 amide bonds. The van der Waals surface area contributed by atoms with E-state index >= 15 is 0 Å². The van der Waals surface area contributed by atoms with Gasteiger partial charge in [0.05, 0.1) is 21.8 Å². The first-order valence-corrected chi connectivity index (χ1v) is 8.30. The first kappa shape index (κ1) is 18.0. The van der Waals surface area contributed by atoms with Crippen LogP contribution in [0.15, 0.2) is 17.0 Å². The third-order valence-corrected chi connectivity index (χ3v) is 5.50. The van der Waals surface area contributed by atoms with E-state index in [-0.39, 0.29) is 9.92 Å². The molecule has 1 aromatic rings. The summed E-state index contributed by atoms with van der Waals surface area (Å²) in [5.41, 5.74) is -1.49. The van der Waals surface area contributed by atoms with Gasteiger partial charge in [-0.1, -0.05) is 17.7 Å². The summed E-state index contributed by atoms with van der Waals surface area (Å²) >= 11 is 7.16. The fourth-order valence-electron chi connectivity index (χ4n) is 2.15. The Kier molecular flexibility index (Phi) is 4.59. The first-order chi connectivity index (χ1) is 9.90. The van der Waals surface area contributed by atoms with Crippen molar-refractivity contribution in [2.24, 2.45) is 0 Å². The minimum absolute atomic E-state index is 0.0126. The van der Waals surface area contributed by atoms with Crippen LogP contribution in [0.25, 0.3) is 0 Å². The third kappa shape index (κ3) is 3.00. The van der Waals surface area contributed by atoms with Gasteiger partial charge in [0.2, 0.25) is 0 Å². The van der Waals surface area contributed by atoms with Gasteiger partial charge in [0.25, 0.3) is 0 Å². The van der Waals surface area contributed by atoms with Crippen LogP contribution in [0.5, 0.6) is 0 Å². The van der Waals surface area contributed by atoms with Crippen LogP contribution in [0.4, 0.5) is 13.2 Å². The number of alkyl halides is 3. The zero-order valence-electron chi connectivity index (χ0n) is 13.0. The second-order valence-electron chi connectivity index (χ2n) is 6.14. The van der Waals surface area contributed by atoms with E-state index in [2.05, 4.69) is 0 Å². The molecule has 8 heteroatoms. The third-order valence-electron chi connectivity index (χ3n) is 4.14. The predicted octanol–water partition coefficient (Wildman–Crippen LogP) is 4.38. The Labute approximate surface area is 137 Å². The highest BCUT2D eigenvalue weighted by Gasteiger charge is 2.52. The lowest BCUT2D eigenvalue weighted by Gasteiger charge is -2.32. The first-order valence-electron chi connectivity index (χ1n) is 6.70. The molecule has 1 heterocycles. The molecule has 2 rings (SSSR count). The molecule has 22 heavy (non-hydrogen) atoms. The number of rotatable bonds is 2. The average Bonchev–Trinajstić information content (AvgIpc) is 2.56. The molecule has 0 spiro atoms. The lowest BCUT2D eigenvalue weighted by molar-refractivity contribution is -0.139. The van der Waals surface area contributed by atoms with Gasteiger partial charge in [0.1, 0.15) is 0 Å². The molecule has 1 fully saturated rings. The van der Waals surface area contributed by atoms with E-state index in [1.807, 2.05) is 27.7 Å². The Morgan fingerprint density at radius 3 is 2.00 bits per heavy atom. The van der Waals surface area contributed by atoms with E-state index in [9.17, 15) is 13.2 Å². The summed E-state index contributed by atoms with van der Waals surface area (Å²) in [4.78, 5) is -0.0126. The Hall–Kier alpha value is -0.365. The van der Waals surface area contributed by atoms with Crippen molar-refractivity contribution in [3.63, 3.8) is 0 Å². The van der Waals surface area contributed by atoms with Crippen LogP contribution in [-0.4, -0.2) is 24.6 Å². The van der Waals surface area contributed by atoms with E-state index in [1.54, 1.807) is 6.26 Å². The Morgan fingerprint density at radius 1 is 1.09 bits per heavy atom. The molecule has 0 bridgehead atoms. The second-order valence-corrected chi connectivity index (χ2v) is 7.33. The zero-order chi connectivity index (χ0) is 16.9. The summed E-state index contributed by atoms with van der Waals surface area (Å²) in [5.74, 6) is 0. The van der Waals surface area contributed by atoms with Crippen molar-refractivity contribution >= 4 is 35.9 Å². The molecule has 122 valence electrons. The molecule has 0 aliphatic carbocycles. The van der Waals surface area contributed by atoms with Crippen LogP contribution in [-0.2, 0) is 15.5 Å². The average molecular weight is 353 g/mol. The van der Waals surface area contributed by atoms with Gasteiger partial charge in [-0.15, -0.1) is 11.8 Å². The van der Waals surface area contributed by atoms with Gasteiger partial charge in [-0.2, -0.15) is 13.2 Å². The van der Waals surface area contributed by atoms with Crippen LogP contribution in [0.1, 0.15) is 33.3 Å². The maximum atomic E-state index is 13.0. The van der Waals surface area contributed by atoms with Crippen LogP contribution in [0.2, 0.25) is 5.02 Å². The fourth-order valence-corrected chi connectivity index (χ4v) is 3.33. The largest absolute Gasteiger partial charge is 0.496 e. The van der Waals surface area contributed by atoms with Crippen LogP contribution >= 0.6 is 23.4 Å². The lowest BCUT2D eigenvalue weighted by atomic mass is 9.78. The highest BCUT2D eigenvalue weighted by molar-refractivity contribution is 7.98. The molecular formula is C14H17BClF3O2S. The zero-order valence-corrected chi connectivity index (χ0v) is 14.5. The Bertz CT molecular complexity index is 574. The molecule has 1 aliphatic rings. The normalized spacial score (nSPS) is 20.5. The van der Waals surface area contributed by atoms with E-state index in [0.29, 0.717) is 5.46 Å². The monoisotopic (exact) mass is 352 g/mol. The summed E-state index contributed by atoms with van der Waals surface area (Å²) in [5, 5.41) is 0.0285. The number of halogens is 4. The van der Waals surface area contributed by atoms with Crippen molar-refractivity contribution in [2.75, 3.05) is 6.26 Å². The van der Waals surface area contributed by atoms with Gasteiger partial charge in [0.15, 0.2) is 0 Å². The molecular weight excluding hydrogens is 335 g/mol. The molecule has 0 atom stereocenters. The van der Waals surface area contributed by atoms with Crippen molar-refractivity contribution in [1.29, 1.82) is 0 Å². The van der Waals surface area contributed by atoms with Crippen LogP contribution in [0.3, 0.4) is 0 Å². The van der Waals surface area contributed by atoms with Gasteiger partial charge >= 0.3 is 13.3 Å². The molecule has 1 aromatic carbocycles. The van der Waals surface area contributed by atoms with Crippen LogP contribution < -0.4 is 5.46 Å². The molecule has 2 nitrogen and oxygen atoms in total. The molecule has 0 N–H and O–H groups in total. The Balaban J connectivity index is 2.47. The van der Waals surface area contributed by atoms with Crippen molar-refractivity contribution in [1.82, 2.24) is 0 Å². The summed E-state index contributed by atoms with van der Waals surface area (Å²) in [6.07, 6.45) is -2.89. The van der Waals surface area contributed by atoms with Gasteiger partial charge in [-0.25, -0.2) is 0 Å². The number of hydrogen-bond donors (Lipinski definition) is 0. The minimum Gasteiger partial charge on any atom is -0.399 e. The summed E-state index contributed by atoms with van der Waals surface area (Å²) in [6.45, 7) is 7.50. The fraction of sp³-hybridized carbons (Fsp3) is 0.571. The molecule has 1 saturated heterocycles. The standard InChI is InChI=1S/C14H17BClF3O2S/c1-12(2)13(3,4)21-15(20-12)9-7-6-8(14(17,18)19)11(22-5)10(9)16/h6-7H,1-5H3. The number of hydrogen-bond acceptors (Lipinski definition) is 3. The predicted molar refractivity (Wildman–Crippen MR) is 84.0 cm³/mol. The number of thioether (sulfide) groups is 1. The molecule has 1 aliphatic heterocycles. The van der Waals surface area contributed by atoms with Crippen molar-refractivity contribution in [3.8, 4) is 0 Å². The summed E-state index contributed by atoms with van der Waals surface area (Å²) < 4.78 is 50.8. The summed E-state index contributed by atoms with van der Waals surface area (Å²) in [7, 11) is -0.786. The van der Waals surface area contributed by atoms with E-state index < -0.39 is 30.1 Å². The van der Waals surface area contributed by atoms with E-state index in [1.165, 1.54) is 6.07 Å². The molecule has 0 radical (unpaired) electrons. The van der Waals surface area contributed by atoms with Crippen molar-refractivity contribution in [3.05, 3.63) is 22.7 Å². The van der Waals surface area contributed by atoms with Gasteiger partial charge in [0, 0.05) is 10.4 Å².